The minimum absolute atomic E-state index is 0.0357. The molecule has 0 bridgehead atoms. The number of ether oxygens (including phenoxy) is 2. The molecule has 1 N–H and O–H groups in total. The lowest BCUT2D eigenvalue weighted by Crippen LogP contribution is -2.41. The fraction of sp³-hybridized carbons (Fsp3) is 0.500. The molecule has 1 aliphatic carbocycles. The van der Waals surface area contributed by atoms with Crippen molar-refractivity contribution in [1.82, 2.24) is 5.32 Å². The fourth-order valence-electron chi connectivity index (χ4n) is 2.93. The lowest BCUT2D eigenvalue weighted by Gasteiger charge is -2.19. The second-order valence-corrected chi connectivity index (χ2v) is 6.56. The van der Waals surface area contributed by atoms with Gasteiger partial charge in [0.25, 0.3) is 5.91 Å². The Bertz CT molecular complexity index is 638. The molecular formula is C20H25F2NO4. The van der Waals surface area contributed by atoms with Gasteiger partial charge in [0, 0.05) is 12.1 Å². The van der Waals surface area contributed by atoms with Crippen LogP contribution in [0.4, 0.5) is 8.78 Å². The minimum Gasteiger partial charge on any atom is -0.449 e. The molecule has 0 aromatic heterocycles. The van der Waals surface area contributed by atoms with Crippen molar-refractivity contribution in [1.29, 1.82) is 0 Å². The SMILES string of the molecule is C[C@H](OC(=O)/C=C/c1ccc(OC(F)F)cc1)C(=O)NC1CCCCCC1. The second-order valence-electron chi connectivity index (χ2n) is 6.56. The summed E-state index contributed by atoms with van der Waals surface area (Å²) in [5.41, 5.74) is 0.615. The summed E-state index contributed by atoms with van der Waals surface area (Å²) in [5.74, 6) is -0.905. The van der Waals surface area contributed by atoms with Crippen LogP contribution in [0.15, 0.2) is 30.3 Å². The number of rotatable bonds is 7. The quantitative estimate of drug-likeness (QED) is 0.439. The fourth-order valence-corrected chi connectivity index (χ4v) is 2.93. The normalized spacial score (nSPS) is 16.7. The standard InChI is InChI=1S/C20H25F2NO4/c1-14(19(25)23-16-6-4-2-3-5-7-16)26-18(24)13-10-15-8-11-17(12-9-15)27-20(21)22/h8-14,16,20H,2-7H2,1H3,(H,23,25)/b13-10+/t14-/m0/s1. The molecule has 0 unspecified atom stereocenters. The van der Waals surface area contributed by atoms with Crippen LogP contribution in [0.2, 0.25) is 0 Å². The number of alkyl halides is 2. The van der Waals surface area contributed by atoms with Gasteiger partial charge in [0.2, 0.25) is 0 Å². The molecule has 0 saturated heterocycles. The van der Waals surface area contributed by atoms with Gasteiger partial charge >= 0.3 is 12.6 Å². The summed E-state index contributed by atoms with van der Waals surface area (Å²) in [5, 5.41) is 2.94. The van der Waals surface area contributed by atoms with Crippen LogP contribution in [-0.2, 0) is 14.3 Å². The number of benzene rings is 1. The second kappa shape index (κ2) is 10.6. The zero-order chi connectivity index (χ0) is 19.6. The summed E-state index contributed by atoms with van der Waals surface area (Å²) >= 11 is 0. The first-order valence-corrected chi connectivity index (χ1v) is 9.18. The maximum absolute atomic E-state index is 12.2. The molecule has 7 heteroatoms. The summed E-state index contributed by atoms with van der Waals surface area (Å²) in [7, 11) is 0. The zero-order valence-electron chi connectivity index (χ0n) is 15.3. The van der Waals surface area contributed by atoms with Gasteiger partial charge in [-0.05, 0) is 43.5 Å². The lowest BCUT2D eigenvalue weighted by molar-refractivity contribution is -0.150. The Morgan fingerprint density at radius 3 is 2.33 bits per heavy atom. The third-order valence-electron chi connectivity index (χ3n) is 4.38. The molecule has 148 valence electrons. The van der Waals surface area contributed by atoms with E-state index < -0.39 is 18.7 Å². The van der Waals surface area contributed by atoms with E-state index in [2.05, 4.69) is 10.1 Å². The summed E-state index contributed by atoms with van der Waals surface area (Å²) in [4.78, 5) is 24.0. The molecule has 1 aromatic rings. The summed E-state index contributed by atoms with van der Waals surface area (Å²) in [6.07, 6.45) is 8.28. The molecule has 0 heterocycles. The monoisotopic (exact) mass is 381 g/mol. The molecule has 1 fully saturated rings. The average molecular weight is 381 g/mol. The van der Waals surface area contributed by atoms with E-state index in [1.807, 2.05) is 0 Å². The summed E-state index contributed by atoms with van der Waals surface area (Å²) in [6.45, 7) is -1.35. The average Bonchev–Trinajstić information content (AvgIpc) is 2.89. The third-order valence-corrected chi connectivity index (χ3v) is 4.38. The maximum Gasteiger partial charge on any atom is 0.387 e. The number of esters is 1. The molecule has 2 rings (SSSR count). The molecule has 1 saturated carbocycles. The topological polar surface area (TPSA) is 64.6 Å². The highest BCUT2D eigenvalue weighted by Crippen LogP contribution is 2.18. The van der Waals surface area contributed by atoms with E-state index in [1.54, 1.807) is 0 Å². The highest BCUT2D eigenvalue weighted by Gasteiger charge is 2.21. The number of carbonyl (C=O) groups is 2. The predicted molar refractivity (Wildman–Crippen MR) is 97.3 cm³/mol. The Morgan fingerprint density at radius 2 is 1.74 bits per heavy atom. The maximum atomic E-state index is 12.2. The van der Waals surface area contributed by atoms with Crippen molar-refractivity contribution in [3.05, 3.63) is 35.9 Å². The number of nitrogens with one attached hydrogen (secondary N) is 1. The van der Waals surface area contributed by atoms with Crippen molar-refractivity contribution in [3.63, 3.8) is 0 Å². The van der Waals surface area contributed by atoms with Crippen molar-refractivity contribution in [2.24, 2.45) is 0 Å². The van der Waals surface area contributed by atoms with Crippen molar-refractivity contribution in [3.8, 4) is 5.75 Å². The molecule has 0 radical (unpaired) electrons. The molecular weight excluding hydrogens is 356 g/mol. The predicted octanol–water partition coefficient (Wildman–Crippen LogP) is 4.07. The van der Waals surface area contributed by atoms with Gasteiger partial charge in [-0.3, -0.25) is 4.79 Å². The van der Waals surface area contributed by atoms with Crippen molar-refractivity contribution in [2.75, 3.05) is 0 Å². The highest BCUT2D eigenvalue weighted by atomic mass is 19.3. The van der Waals surface area contributed by atoms with Crippen LogP contribution in [0, 0.1) is 0 Å². The molecule has 5 nitrogen and oxygen atoms in total. The Kier molecular flexibility index (Phi) is 8.23. The van der Waals surface area contributed by atoms with E-state index in [-0.39, 0.29) is 17.7 Å². The molecule has 1 aromatic carbocycles. The van der Waals surface area contributed by atoms with Gasteiger partial charge in [-0.25, -0.2) is 4.79 Å². The smallest absolute Gasteiger partial charge is 0.387 e. The molecule has 1 aliphatic rings. The molecule has 1 amide bonds. The molecule has 0 aliphatic heterocycles. The largest absolute Gasteiger partial charge is 0.449 e. The Morgan fingerprint density at radius 1 is 1.11 bits per heavy atom. The van der Waals surface area contributed by atoms with Crippen LogP contribution in [-0.4, -0.2) is 30.6 Å². The first-order chi connectivity index (χ1) is 12.9. The lowest BCUT2D eigenvalue weighted by atomic mass is 10.1. The van der Waals surface area contributed by atoms with E-state index in [0.717, 1.165) is 25.7 Å². The van der Waals surface area contributed by atoms with Gasteiger partial charge in [-0.1, -0.05) is 37.8 Å². The van der Waals surface area contributed by atoms with Crippen molar-refractivity contribution in [2.45, 2.75) is 64.2 Å². The number of halogens is 2. The Labute approximate surface area is 157 Å². The number of hydrogen-bond acceptors (Lipinski definition) is 4. The summed E-state index contributed by atoms with van der Waals surface area (Å²) in [6, 6.07) is 5.96. The van der Waals surface area contributed by atoms with E-state index in [9.17, 15) is 18.4 Å². The molecule has 1 atom stereocenters. The van der Waals surface area contributed by atoms with Gasteiger partial charge in [-0.15, -0.1) is 0 Å². The minimum atomic E-state index is -2.88. The van der Waals surface area contributed by atoms with Crippen molar-refractivity contribution < 1.29 is 27.8 Å². The van der Waals surface area contributed by atoms with Crippen LogP contribution in [0.25, 0.3) is 6.08 Å². The van der Waals surface area contributed by atoms with E-state index in [4.69, 9.17) is 4.74 Å². The van der Waals surface area contributed by atoms with Gasteiger partial charge in [0.05, 0.1) is 0 Å². The van der Waals surface area contributed by atoms with Crippen LogP contribution >= 0.6 is 0 Å². The van der Waals surface area contributed by atoms with Crippen molar-refractivity contribution >= 4 is 18.0 Å². The van der Waals surface area contributed by atoms with Gasteiger partial charge in [-0.2, -0.15) is 8.78 Å². The molecule has 27 heavy (non-hydrogen) atoms. The molecule has 0 spiro atoms. The number of carbonyl (C=O) groups excluding carboxylic acids is 2. The van der Waals surface area contributed by atoms with Gasteiger partial charge in [0.1, 0.15) is 5.75 Å². The van der Waals surface area contributed by atoms with Gasteiger partial charge in [0.15, 0.2) is 6.10 Å². The van der Waals surface area contributed by atoms with Crippen LogP contribution in [0.3, 0.4) is 0 Å². The first kappa shape index (κ1) is 20.9. The van der Waals surface area contributed by atoms with Crippen LogP contribution < -0.4 is 10.1 Å². The highest BCUT2D eigenvalue weighted by molar-refractivity contribution is 5.90. The zero-order valence-corrected chi connectivity index (χ0v) is 15.3. The first-order valence-electron chi connectivity index (χ1n) is 9.18. The number of hydrogen-bond donors (Lipinski definition) is 1. The summed E-state index contributed by atoms with van der Waals surface area (Å²) < 4.78 is 33.6. The van der Waals surface area contributed by atoms with E-state index in [1.165, 1.54) is 56.2 Å². The van der Waals surface area contributed by atoms with Gasteiger partial charge < -0.3 is 14.8 Å². The van der Waals surface area contributed by atoms with E-state index in [0.29, 0.717) is 5.56 Å². The Balaban J connectivity index is 1.79. The van der Waals surface area contributed by atoms with Crippen LogP contribution in [0.1, 0.15) is 51.0 Å². The Hall–Kier alpha value is -2.44. The van der Waals surface area contributed by atoms with Crippen LogP contribution in [0.5, 0.6) is 5.75 Å². The van der Waals surface area contributed by atoms with E-state index >= 15 is 0 Å². The third kappa shape index (κ3) is 7.76. The number of amides is 1.